The molecule has 2 aliphatic rings. The Morgan fingerprint density at radius 2 is 1.10 bits per heavy atom. The molecular formula is C60H39BN4OS. The number of ether oxygens (including phenoxy) is 1. The van der Waals surface area contributed by atoms with E-state index < -0.39 is 0 Å². The molecule has 13 rings (SSSR count). The lowest BCUT2D eigenvalue weighted by Gasteiger charge is -2.35. The number of nitriles is 2. The molecule has 7 heteroatoms. The predicted octanol–water partition coefficient (Wildman–Crippen LogP) is 13.3. The summed E-state index contributed by atoms with van der Waals surface area (Å²) in [5.41, 5.74) is 16.1. The van der Waals surface area contributed by atoms with Crippen LogP contribution in [0.5, 0.6) is 11.5 Å². The Morgan fingerprint density at radius 3 is 1.72 bits per heavy atom. The van der Waals surface area contributed by atoms with E-state index in [4.69, 9.17) is 4.74 Å². The van der Waals surface area contributed by atoms with Crippen molar-refractivity contribution in [2.75, 3.05) is 0 Å². The maximum Gasteiger partial charge on any atom is 0.253 e. The Balaban J connectivity index is 0.974. The minimum Gasteiger partial charge on any atom is -0.458 e. The third-order valence-electron chi connectivity index (χ3n) is 13.9. The molecule has 0 radical (unpaired) electrons. The second kappa shape index (κ2) is 14.6. The van der Waals surface area contributed by atoms with Crippen LogP contribution in [0.1, 0.15) is 37.5 Å². The fraction of sp³-hybridized carbons (Fsp3) is 0.0667. The quantitative estimate of drug-likeness (QED) is 0.165. The molecule has 5 nitrogen and oxygen atoms in total. The van der Waals surface area contributed by atoms with Crippen LogP contribution in [0, 0.1) is 22.7 Å². The third-order valence-corrected chi connectivity index (χ3v) is 15.0. The number of aromatic nitrogens is 2. The van der Waals surface area contributed by atoms with Crippen molar-refractivity contribution in [2.45, 2.75) is 36.0 Å². The van der Waals surface area contributed by atoms with Crippen LogP contribution in [0.2, 0.25) is 0 Å². The Morgan fingerprint density at radius 1 is 0.507 bits per heavy atom. The van der Waals surface area contributed by atoms with Crippen LogP contribution in [0.15, 0.2) is 192 Å². The Kier molecular flexibility index (Phi) is 8.56. The standard InChI is InChI=1S/C60H39BN4OS/c1-60(2,3)40-31-56-59-58(32-40)67-57-30-38(47-28-36(34-62)20-27-54(47)65-52-18-10-6-14-44(52)45-15-7-11-19-53(45)65)23-26-49(57)61(59)48-25-22-37(29-55(48)66-56)46-33-41(24-21-39(46)35-63)64-50-16-8-4-12-42(50)43-13-5-9-17-51(43)64/h4-33H,1-3H3. The fourth-order valence-electron chi connectivity index (χ4n) is 10.7. The molecule has 2 aliphatic heterocycles. The molecule has 4 heterocycles. The summed E-state index contributed by atoms with van der Waals surface area (Å²) in [7, 11) is 0. The van der Waals surface area contributed by atoms with Crippen LogP contribution in [0.4, 0.5) is 0 Å². The highest BCUT2D eigenvalue weighted by atomic mass is 32.2. The van der Waals surface area contributed by atoms with E-state index in [0.717, 1.165) is 72.7 Å². The molecule has 0 saturated carbocycles. The number of rotatable bonds is 4. The molecule has 67 heavy (non-hydrogen) atoms. The first-order chi connectivity index (χ1) is 32.7. The van der Waals surface area contributed by atoms with Gasteiger partial charge in [-0.2, -0.15) is 10.5 Å². The van der Waals surface area contributed by atoms with Crippen molar-refractivity contribution in [3.05, 3.63) is 199 Å². The van der Waals surface area contributed by atoms with Crippen LogP contribution < -0.4 is 21.1 Å². The summed E-state index contributed by atoms with van der Waals surface area (Å²) in [6.45, 7) is 6.67. The summed E-state index contributed by atoms with van der Waals surface area (Å²) in [5, 5.41) is 25.5. The number of benzene rings is 9. The van der Waals surface area contributed by atoms with E-state index in [2.05, 4.69) is 206 Å². The van der Waals surface area contributed by atoms with Crippen LogP contribution >= 0.6 is 11.8 Å². The summed E-state index contributed by atoms with van der Waals surface area (Å²) in [4.78, 5) is 2.36. The number of hydrogen-bond acceptors (Lipinski definition) is 4. The molecule has 0 unspecified atom stereocenters. The van der Waals surface area contributed by atoms with E-state index in [1.54, 1.807) is 11.8 Å². The van der Waals surface area contributed by atoms with Gasteiger partial charge in [-0.3, -0.25) is 0 Å². The van der Waals surface area contributed by atoms with Crippen molar-refractivity contribution in [2.24, 2.45) is 0 Å². The van der Waals surface area contributed by atoms with Gasteiger partial charge in [0.15, 0.2) is 0 Å². The van der Waals surface area contributed by atoms with Crippen molar-refractivity contribution in [1.82, 2.24) is 9.13 Å². The molecule has 0 atom stereocenters. The molecule has 0 saturated heterocycles. The van der Waals surface area contributed by atoms with Crippen LogP contribution in [-0.4, -0.2) is 15.8 Å². The predicted molar refractivity (Wildman–Crippen MR) is 276 cm³/mol. The van der Waals surface area contributed by atoms with Crippen LogP contribution in [-0.2, 0) is 5.41 Å². The topological polar surface area (TPSA) is 66.7 Å². The van der Waals surface area contributed by atoms with Crippen molar-refractivity contribution in [3.8, 4) is 57.3 Å². The second-order valence-corrected chi connectivity index (χ2v) is 19.8. The summed E-state index contributed by atoms with van der Waals surface area (Å²) in [5.74, 6) is 1.66. The SMILES string of the molecule is CC(C)(C)c1cc2c3c(c1)Sc1cc(-c4cc(C#N)ccc4-n4c5ccccc5c5ccccc54)ccc1B3c1ccc(-c3cc(-n4c5ccccc5c5ccccc54)ccc3C#N)cc1O2. The van der Waals surface area contributed by atoms with Crippen molar-refractivity contribution in [1.29, 1.82) is 10.5 Å². The Labute approximate surface area is 392 Å². The number of hydrogen-bond donors (Lipinski definition) is 0. The monoisotopic (exact) mass is 874 g/mol. The van der Waals surface area contributed by atoms with E-state index in [0.29, 0.717) is 11.1 Å². The first kappa shape index (κ1) is 39.2. The maximum absolute atomic E-state index is 10.5. The lowest BCUT2D eigenvalue weighted by atomic mass is 9.35. The van der Waals surface area contributed by atoms with Crippen molar-refractivity contribution >= 4 is 78.5 Å². The summed E-state index contributed by atoms with van der Waals surface area (Å²) in [6, 6.07) is 69.1. The molecule has 0 aliphatic carbocycles. The van der Waals surface area contributed by atoms with Gasteiger partial charge in [0.25, 0.3) is 6.71 Å². The largest absolute Gasteiger partial charge is 0.458 e. The smallest absolute Gasteiger partial charge is 0.253 e. The Bertz CT molecular complexity index is 3920. The Hall–Kier alpha value is -8.23. The highest BCUT2D eigenvalue weighted by molar-refractivity contribution is 8.00. The zero-order valence-electron chi connectivity index (χ0n) is 37.0. The van der Waals surface area contributed by atoms with Gasteiger partial charge in [0, 0.05) is 48.2 Å². The van der Waals surface area contributed by atoms with Crippen molar-refractivity contribution < 1.29 is 4.74 Å². The molecule has 0 bridgehead atoms. The average Bonchev–Trinajstić information content (AvgIpc) is 3.88. The molecule has 0 spiro atoms. The normalized spacial score (nSPS) is 12.7. The highest BCUT2D eigenvalue weighted by Crippen LogP contribution is 2.44. The molecule has 9 aromatic carbocycles. The summed E-state index contributed by atoms with van der Waals surface area (Å²) < 4.78 is 11.7. The highest BCUT2D eigenvalue weighted by Gasteiger charge is 2.40. The van der Waals surface area contributed by atoms with Gasteiger partial charge in [0.05, 0.1) is 51.0 Å². The van der Waals surface area contributed by atoms with Gasteiger partial charge >= 0.3 is 0 Å². The molecule has 2 aromatic heterocycles. The first-order valence-corrected chi connectivity index (χ1v) is 23.5. The van der Waals surface area contributed by atoms with Gasteiger partial charge in [-0.1, -0.05) is 135 Å². The van der Waals surface area contributed by atoms with Gasteiger partial charge in [-0.25, -0.2) is 0 Å². The van der Waals surface area contributed by atoms with Crippen LogP contribution in [0.3, 0.4) is 0 Å². The molecule has 314 valence electrons. The molecule has 11 aromatic rings. The van der Waals surface area contributed by atoms with Gasteiger partial charge in [-0.15, -0.1) is 0 Å². The molecule has 0 N–H and O–H groups in total. The van der Waals surface area contributed by atoms with Crippen molar-refractivity contribution in [3.63, 3.8) is 0 Å². The summed E-state index contributed by atoms with van der Waals surface area (Å²) >= 11 is 1.80. The number of nitrogens with zero attached hydrogens (tertiary/aromatic N) is 4. The van der Waals surface area contributed by atoms with Gasteiger partial charge in [0.1, 0.15) is 11.5 Å². The lowest BCUT2D eigenvalue weighted by molar-refractivity contribution is 0.482. The minimum absolute atomic E-state index is 0.0799. The van der Waals surface area contributed by atoms with Gasteiger partial charge in [0.2, 0.25) is 0 Å². The number of para-hydroxylation sites is 4. The molecular weight excluding hydrogens is 836 g/mol. The van der Waals surface area contributed by atoms with E-state index in [9.17, 15) is 10.5 Å². The van der Waals surface area contributed by atoms with E-state index >= 15 is 0 Å². The summed E-state index contributed by atoms with van der Waals surface area (Å²) in [6.07, 6.45) is 0. The zero-order valence-corrected chi connectivity index (χ0v) is 37.8. The zero-order chi connectivity index (χ0) is 45.1. The number of fused-ring (bicyclic) bond motifs is 10. The molecule has 0 amide bonds. The van der Waals surface area contributed by atoms with E-state index in [1.807, 2.05) is 18.2 Å². The average molecular weight is 875 g/mol. The fourth-order valence-corrected chi connectivity index (χ4v) is 11.9. The van der Waals surface area contributed by atoms with E-state index in [1.165, 1.54) is 47.8 Å². The first-order valence-electron chi connectivity index (χ1n) is 22.6. The minimum atomic E-state index is -0.126. The van der Waals surface area contributed by atoms with Gasteiger partial charge < -0.3 is 13.9 Å². The maximum atomic E-state index is 10.5. The van der Waals surface area contributed by atoms with Crippen LogP contribution in [0.25, 0.3) is 77.2 Å². The third kappa shape index (κ3) is 5.95. The van der Waals surface area contributed by atoms with Gasteiger partial charge in [-0.05, 0) is 118 Å². The molecule has 0 fully saturated rings. The lowest BCUT2D eigenvalue weighted by Crippen LogP contribution is -2.57. The second-order valence-electron chi connectivity index (χ2n) is 18.7. The van der Waals surface area contributed by atoms with E-state index in [-0.39, 0.29) is 12.1 Å².